The van der Waals surface area contributed by atoms with Gasteiger partial charge in [-0.05, 0) is 0 Å². The Morgan fingerprint density at radius 1 is 1.05 bits per heavy atom. The molecule has 108 valence electrons. The number of rotatable bonds is 2. The van der Waals surface area contributed by atoms with Crippen molar-refractivity contribution in [1.29, 1.82) is 0 Å². The Morgan fingerprint density at radius 2 is 1.63 bits per heavy atom. The number of para-hydroxylation sites is 1. The molecule has 0 saturated carbocycles. The Balaban J connectivity index is 2.34. The van der Waals surface area contributed by atoms with E-state index in [1.807, 2.05) is 0 Å². The fourth-order valence-electron chi connectivity index (χ4n) is 1.23. The molecule has 0 fully saturated rings. The summed E-state index contributed by atoms with van der Waals surface area (Å²) in [6.07, 6.45) is 0. The SMILES string of the molecule is OP1(O)(O)N=PN(Oc2ccccc2)P(O)(O)(O)N1. The van der Waals surface area contributed by atoms with Gasteiger partial charge in [-0.2, -0.15) is 0 Å². The van der Waals surface area contributed by atoms with E-state index in [2.05, 4.69) is 4.52 Å². The van der Waals surface area contributed by atoms with Crippen molar-refractivity contribution in [2.24, 2.45) is 4.52 Å². The van der Waals surface area contributed by atoms with Crippen LogP contribution >= 0.6 is 23.7 Å². The normalized spacial score (nSPS) is 32.1. The molecule has 7 N–H and O–H groups in total. The molecule has 1 aromatic rings. The van der Waals surface area contributed by atoms with Crippen LogP contribution in [0.25, 0.3) is 0 Å². The van der Waals surface area contributed by atoms with Crippen LogP contribution in [0.1, 0.15) is 0 Å². The number of hydrogen-bond acceptors (Lipinski definition) is 10. The predicted octanol–water partition coefficient (Wildman–Crippen LogP) is 0.141. The number of nitrogens with one attached hydrogen (secondary N) is 1. The van der Waals surface area contributed by atoms with Crippen LogP contribution in [0.5, 0.6) is 5.75 Å². The zero-order valence-corrected chi connectivity index (χ0v) is 11.9. The number of hydrogen-bond donors (Lipinski definition) is 7. The molecule has 1 heterocycles. The van der Waals surface area contributed by atoms with Gasteiger partial charge in [-0.3, -0.25) is 0 Å². The van der Waals surface area contributed by atoms with Crippen molar-refractivity contribution in [2.45, 2.75) is 0 Å². The van der Waals surface area contributed by atoms with Gasteiger partial charge in [0.2, 0.25) is 0 Å². The van der Waals surface area contributed by atoms with Gasteiger partial charge in [0, 0.05) is 0 Å². The van der Waals surface area contributed by atoms with Crippen LogP contribution in [0.4, 0.5) is 0 Å². The molecule has 2 rings (SSSR count). The van der Waals surface area contributed by atoms with E-state index >= 15 is 0 Å². The van der Waals surface area contributed by atoms with Crippen LogP contribution in [0.15, 0.2) is 34.8 Å². The van der Waals surface area contributed by atoms with E-state index in [0.29, 0.717) is 0 Å². The zero-order valence-electron chi connectivity index (χ0n) is 9.21. The molecule has 10 nitrogen and oxygen atoms in total. The van der Waals surface area contributed by atoms with E-state index in [-0.39, 0.29) is 10.4 Å². The van der Waals surface area contributed by atoms with Crippen LogP contribution < -0.4 is 9.70 Å². The molecular weight excluding hydrogens is 319 g/mol. The molecule has 1 aliphatic rings. The molecule has 0 spiro atoms. The van der Waals surface area contributed by atoms with Gasteiger partial charge in [0.1, 0.15) is 0 Å². The molecule has 0 aromatic heterocycles. The number of benzene rings is 1. The van der Waals surface area contributed by atoms with Gasteiger partial charge in [-0.15, -0.1) is 0 Å². The summed E-state index contributed by atoms with van der Waals surface area (Å²) in [4.78, 5) is 62.9. The van der Waals surface area contributed by atoms with Gasteiger partial charge in [0.15, 0.2) is 0 Å². The molecular formula is C6H12N3O7P3. The van der Waals surface area contributed by atoms with Crippen LogP contribution in [-0.4, -0.2) is 34.0 Å². The molecule has 0 bridgehead atoms. The fourth-order valence-corrected chi connectivity index (χ4v) is 7.12. The maximum atomic E-state index is 9.68. The summed E-state index contributed by atoms with van der Waals surface area (Å²) >= 11 is 0. The second-order valence-corrected chi connectivity index (χ2v) is 10.3. The summed E-state index contributed by atoms with van der Waals surface area (Å²) < 4.78 is 3.23. The Kier molecular flexibility index (Phi) is 3.23. The van der Waals surface area contributed by atoms with Gasteiger partial charge in [-0.1, -0.05) is 0 Å². The zero-order chi connectivity index (χ0) is 14.4. The van der Waals surface area contributed by atoms with E-state index in [9.17, 15) is 29.4 Å². The predicted molar refractivity (Wildman–Crippen MR) is 68.5 cm³/mol. The maximum absolute atomic E-state index is 9.68. The minimum atomic E-state index is -6.03. The topological polar surface area (TPSA) is 158 Å². The summed E-state index contributed by atoms with van der Waals surface area (Å²) in [7, 11) is -12.5. The van der Waals surface area contributed by atoms with Gasteiger partial charge < -0.3 is 0 Å². The second kappa shape index (κ2) is 4.08. The van der Waals surface area contributed by atoms with Crippen LogP contribution in [-0.2, 0) is 0 Å². The van der Waals surface area contributed by atoms with E-state index in [1.54, 1.807) is 18.2 Å². The summed E-state index contributed by atoms with van der Waals surface area (Å²) in [5.74, 6) is 0.134. The molecule has 13 heteroatoms. The Bertz CT molecular complexity index is 522. The average Bonchev–Trinajstić information content (AvgIpc) is 2.20. The third-order valence-corrected chi connectivity index (χ3v) is 8.56. The third kappa shape index (κ3) is 3.61. The first-order chi connectivity index (χ1) is 8.43. The van der Waals surface area contributed by atoms with Crippen LogP contribution in [0.2, 0.25) is 0 Å². The molecule has 0 aliphatic carbocycles. The molecule has 0 saturated heterocycles. The van der Waals surface area contributed by atoms with Gasteiger partial charge in [-0.25, -0.2) is 0 Å². The number of nitrogens with zero attached hydrogens (tertiary/aromatic N) is 2. The van der Waals surface area contributed by atoms with Crippen LogP contribution in [0.3, 0.4) is 0 Å². The molecule has 0 amide bonds. The second-order valence-electron chi connectivity index (χ2n) is 3.81. The molecule has 1 aromatic carbocycles. The molecule has 0 radical (unpaired) electrons. The summed E-state index contributed by atoms with van der Waals surface area (Å²) in [5, 5.41) is 0. The molecule has 0 unspecified atom stereocenters. The summed E-state index contributed by atoms with van der Waals surface area (Å²) in [6, 6.07) is 7.76. The standard InChI is InChI=1S/C6H12N3O7P3/c10-18(11,12)7-17-9(19(13,14,15)8-18)16-6-4-2-1-3-5-6/h1-5,8,10-15H. The first-order valence-corrected chi connectivity index (χ1v) is 9.64. The van der Waals surface area contributed by atoms with Gasteiger partial charge >= 0.3 is 108 Å². The van der Waals surface area contributed by atoms with Crippen molar-refractivity contribution in [2.75, 3.05) is 0 Å². The Labute approximate surface area is 109 Å². The van der Waals surface area contributed by atoms with E-state index in [4.69, 9.17) is 4.84 Å². The molecule has 1 aliphatic heterocycles. The van der Waals surface area contributed by atoms with Gasteiger partial charge in [0.25, 0.3) is 0 Å². The summed E-state index contributed by atoms with van der Waals surface area (Å²) in [5.41, 5.74) is 0. The quantitative estimate of drug-likeness (QED) is 0.374. The fraction of sp³-hybridized carbons (Fsp3) is 0. The molecule has 0 atom stereocenters. The summed E-state index contributed by atoms with van der Waals surface area (Å²) in [6.45, 7) is 0. The van der Waals surface area contributed by atoms with Gasteiger partial charge in [0.05, 0.1) is 0 Å². The monoisotopic (exact) mass is 331 g/mol. The Morgan fingerprint density at radius 3 is 2.16 bits per heavy atom. The van der Waals surface area contributed by atoms with E-state index in [0.717, 1.165) is 0 Å². The average molecular weight is 331 g/mol. The van der Waals surface area contributed by atoms with E-state index in [1.165, 1.54) is 17.0 Å². The van der Waals surface area contributed by atoms with Crippen molar-refractivity contribution < 1.29 is 34.2 Å². The Hall–Kier alpha value is -0.340. The first kappa shape index (κ1) is 15.1. The minimum absolute atomic E-state index is 0.134. The van der Waals surface area contributed by atoms with Crippen molar-refractivity contribution in [3.05, 3.63) is 30.3 Å². The van der Waals surface area contributed by atoms with Crippen molar-refractivity contribution >= 4 is 23.7 Å². The van der Waals surface area contributed by atoms with Crippen molar-refractivity contribution in [3.63, 3.8) is 0 Å². The molecule has 19 heavy (non-hydrogen) atoms. The first-order valence-electron chi connectivity index (χ1n) is 4.74. The third-order valence-electron chi connectivity index (χ3n) is 1.88. The van der Waals surface area contributed by atoms with Crippen molar-refractivity contribution in [1.82, 2.24) is 9.46 Å². The van der Waals surface area contributed by atoms with Crippen molar-refractivity contribution in [3.8, 4) is 5.75 Å². The van der Waals surface area contributed by atoms with Crippen LogP contribution in [0, 0.1) is 0 Å². The van der Waals surface area contributed by atoms with E-state index < -0.39 is 23.7 Å².